The van der Waals surface area contributed by atoms with Crippen molar-refractivity contribution in [2.45, 2.75) is 12.3 Å². The Morgan fingerprint density at radius 1 is 0.760 bits per heavy atom. The molecule has 1 heteroatoms. The molecule has 0 saturated heterocycles. The molecule has 1 heterocycles. The van der Waals surface area contributed by atoms with Crippen LogP contribution in [0, 0.1) is 0 Å². The smallest absolute Gasteiger partial charge is 0.139 e. The van der Waals surface area contributed by atoms with Crippen LogP contribution in [0.5, 0.6) is 0 Å². The Bertz CT molecular complexity index is 1110. The molecule has 1 atom stereocenters. The van der Waals surface area contributed by atoms with Crippen LogP contribution >= 0.6 is 0 Å². The summed E-state index contributed by atoms with van der Waals surface area (Å²) in [6, 6.07) is 23.5. The molecule has 1 nitrogen and oxygen atoms in total. The number of benzene rings is 3. The fourth-order valence-electron chi connectivity index (χ4n) is 3.73. The van der Waals surface area contributed by atoms with E-state index in [0.29, 0.717) is 5.92 Å². The molecule has 3 aromatic carbocycles. The lowest BCUT2D eigenvalue weighted by Gasteiger charge is -2.13. The van der Waals surface area contributed by atoms with E-state index in [-0.39, 0.29) is 0 Å². The SMILES string of the molecule is C1=CCC(c2cccc3c2oc2cc(-c4ccccc4)ccc23)C=C1. The van der Waals surface area contributed by atoms with E-state index in [1.54, 1.807) is 0 Å². The van der Waals surface area contributed by atoms with E-state index < -0.39 is 0 Å². The molecule has 5 rings (SSSR count). The third-order valence-corrected chi connectivity index (χ3v) is 5.02. The fraction of sp³-hybridized carbons (Fsp3) is 0.0833. The van der Waals surface area contributed by atoms with Crippen molar-refractivity contribution in [2.24, 2.45) is 0 Å². The lowest BCUT2D eigenvalue weighted by molar-refractivity contribution is 0.657. The second-order valence-electron chi connectivity index (χ2n) is 6.56. The number of fused-ring (bicyclic) bond motifs is 3. The van der Waals surface area contributed by atoms with Crippen LogP contribution in [-0.2, 0) is 0 Å². The van der Waals surface area contributed by atoms with Crippen LogP contribution in [0.25, 0.3) is 33.1 Å². The predicted molar refractivity (Wildman–Crippen MR) is 105 cm³/mol. The Hall–Kier alpha value is -3.06. The van der Waals surface area contributed by atoms with Crippen LogP contribution in [0.1, 0.15) is 17.9 Å². The Morgan fingerprint density at radius 3 is 2.52 bits per heavy atom. The van der Waals surface area contributed by atoms with Crippen LogP contribution in [0.3, 0.4) is 0 Å². The van der Waals surface area contributed by atoms with Gasteiger partial charge in [-0.05, 0) is 29.7 Å². The van der Waals surface area contributed by atoms with Crippen LogP contribution in [-0.4, -0.2) is 0 Å². The van der Waals surface area contributed by atoms with Crippen LogP contribution in [0.2, 0.25) is 0 Å². The summed E-state index contributed by atoms with van der Waals surface area (Å²) in [7, 11) is 0. The van der Waals surface area contributed by atoms with E-state index in [4.69, 9.17) is 4.42 Å². The topological polar surface area (TPSA) is 13.1 Å². The van der Waals surface area contributed by atoms with E-state index in [1.165, 1.54) is 27.5 Å². The zero-order valence-corrected chi connectivity index (χ0v) is 13.9. The van der Waals surface area contributed by atoms with Gasteiger partial charge in [0.05, 0.1) is 0 Å². The summed E-state index contributed by atoms with van der Waals surface area (Å²) >= 11 is 0. The van der Waals surface area contributed by atoms with Crippen LogP contribution in [0.15, 0.2) is 95.5 Å². The molecule has 25 heavy (non-hydrogen) atoms. The van der Waals surface area contributed by atoms with Gasteiger partial charge in [0.15, 0.2) is 0 Å². The fourth-order valence-corrected chi connectivity index (χ4v) is 3.73. The maximum Gasteiger partial charge on any atom is 0.139 e. The maximum atomic E-state index is 6.34. The van der Waals surface area contributed by atoms with Gasteiger partial charge >= 0.3 is 0 Å². The number of para-hydroxylation sites is 1. The van der Waals surface area contributed by atoms with Crippen molar-refractivity contribution in [3.05, 3.63) is 96.6 Å². The summed E-state index contributed by atoms with van der Waals surface area (Å²) in [5.74, 6) is 0.392. The monoisotopic (exact) mass is 322 g/mol. The summed E-state index contributed by atoms with van der Waals surface area (Å²) in [5.41, 5.74) is 5.65. The highest BCUT2D eigenvalue weighted by atomic mass is 16.3. The van der Waals surface area contributed by atoms with Crippen molar-refractivity contribution < 1.29 is 4.42 Å². The molecule has 1 aromatic heterocycles. The van der Waals surface area contributed by atoms with Crippen molar-refractivity contribution in [2.75, 3.05) is 0 Å². The zero-order chi connectivity index (χ0) is 16.6. The van der Waals surface area contributed by atoms with Crippen molar-refractivity contribution in [1.82, 2.24) is 0 Å². The standard InChI is InChI=1S/C24H18O/c1-3-8-17(9-4-1)19-14-15-21-22-13-7-12-20(18-10-5-2-6-11-18)24(22)25-23(21)16-19/h1-10,12-16,18H,11H2. The van der Waals surface area contributed by atoms with Crippen molar-refractivity contribution >= 4 is 21.9 Å². The summed E-state index contributed by atoms with van der Waals surface area (Å²) in [5, 5.41) is 2.39. The summed E-state index contributed by atoms with van der Waals surface area (Å²) in [6.45, 7) is 0. The third kappa shape index (κ3) is 2.40. The van der Waals surface area contributed by atoms with Gasteiger partial charge in [-0.25, -0.2) is 0 Å². The van der Waals surface area contributed by atoms with Gasteiger partial charge in [-0.1, -0.05) is 78.9 Å². The lowest BCUT2D eigenvalue weighted by Crippen LogP contribution is -1.96. The van der Waals surface area contributed by atoms with Gasteiger partial charge in [-0.3, -0.25) is 0 Å². The van der Waals surface area contributed by atoms with Crippen LogP contribution < -0.4 is 0 Å². The Morgan fingerprint density at radius 2 is 1.68 bits per heavy atom. The molecular weight excluding hydrogens is 304 g/mol. The molecule has 4 aromatic rings. The lowest BCUT2D eigenvalue weighted by atomic mass is 9.91. The first-order valence-corrected chi connectivity index (χ1v) is 8.74. The zero-order valence-electron chi connectivity index (χ0n) is 13.9. The molecule has 0 fully saturated rings. The highest BCUT2D eigenvalue weighted by molar-refractivity contribution is 6.07. The molecule has 0 aliphatic heterocycles. The molecule has 1 aliphatic carbocycles. The average Bonchev–Trinajstić information content (AvgIpc) is 3.07. The summed E-state index contributed by atoms with van der Waals surface area (Å²) < 4.78 is 6.34. The van der Waals surface area contributed by atoms with Crippen LogP contribution in [0.4, 0.5) is 0 Å². The highest BCUT2D eigenvalue weighted by Crippen LogP contribution is 2.37. The normalized spacial score (nSPS) is 16.7. The van der Waals surface area contributed by atoms with Gasteiger partial charge in [-0.15, -0.1) is 0 Å². The second kappa shape index (κ2) is 5.78. The third-order valence-electron chi connectivity index (χ3n) is 5.02. The number of hydrogen-bond donors (Lipinski definition) is 0. The molecule has 0 bridgehead atoms. The number of hydrogen-bond acceptors (Lipinski definition) is 1. The summed E-state index contributed by atoms with van der Waals surface area (Å²) in [6.07, 6.45) is 9.75. The van der Waals surface area contributed by atoms with E-state index in [9.17, 15) is 0 Å². The number of furan rings is 1. The molecule has 1 unspecified atom stereocenters. The Balaban J connectivity index is 1.70. The minimum atomic E-state index is 0.392. The molecule has 1 aliphatic rings. The van der Waals surface area contributed by atoms with E-state index >= 15 is 0 Å². The molecular formula is C24H18O. The quantitative estimate of drug-likeness (QED) is 0.393. The summed E-state index contributed by atoms with van der Waals surface area (Å²) in [4.78, 5) is 0. The maximum absolute atomic E-state index is 6.34. The van der Waals surface area contributed by atoms with Crippen molar-refractivity contribution in [3.63, 3.8) is 0 Å². The minimum Gasteiger partial charge on any atom is -0.456 e. The van der Waals surface area contributed by atoms with Gasteiger partial charge < -0.3 is 4.42 Å². The average molecular weight is 322 g/mol. The largest absolute Gasteiger partial charge is 0.456 e. The first-order chi connectivity index (χ1) is 12.4. The predicted octanol–water partition coefficient (Wildman–Crippen LogP) is 6.85. The first-order valence-electron chi connectivity index (χ1n) is 8.74. The van der Waals surface area contributed by atoms with Gasteiger partial charge in [0.1, 0.15) is 11.2 Å². The Labute approximate surface area is 146 Å². The molecule has 0 amide bonds. The van der Waals surface area contributed by atoms with Gasteiger partial charge in [-0.2, -0.15) is 0 Å². The van der Waals surface area contributed by atoms with Gasteiger partial charge in [0.25, 0.3) is 0 Å². The molecule has 0 saturated carbocycles. The molecule has 0 N–H and O–H groups in total. The van der Waals surface area contributed by atoms with E-state index in [2.05, 4.69) is 85.0 Å². The minimum absolute atomic E-state index is 0.392. The van der Waals surface area contributed by atoms with Crippen molar-refractivity contribution in [3.8, 4) is 11.1 Å². The van der Waals surface area contributed by atoms with Crippen molar-refractivity contribution in [1.29, 1.82) is 0 Å². The molecule has 120 valence electrons. The first kappa shape index (κ1) is 14.3. The number of rotatable bonds is 2. The second-order valence-corrected chi connectivity index (χ2v) is 6.56. The van der Waals surface area contributed by atoms with Gasteiger partial charge in [0, 0.05) is 22.3 Å². The Kier molecular flexibility index (Phi) is 3.31. The molecule has 0 radical (unpaired) electrons. The van der Waals surface area contributed by atoms with E-state index in [1.807, 2.05) is 6.07 Å². The van der Waals surface area contributed by atoms with Gasteiger partial charge in [0.2, 0.25) is 0 Å². The van der Waals surface area contributed by atoms with E-state index in [0.717, 1.165) is 17.6 Å². The number of allylic oxidation sites excluding steroid dienone is 4. The molecule has 0 spiro atoms. The highest BCUT2D eigenvalue weighted by Gasteiger charge is 2.17.